The van der Waals surface area contributed by atoms with E-state index in [0.717, 1.165) is 0 Å². The minimum absolute atomic E-state index is 0.0755. The molecule has 19 heavy (non-hydrogen) atoms. The first-order valence-electron chi connectivity index (χ1n) is 5.91. The van der Waals surface area contributed by atoms with Gasteiger partial charge in [0.25, 0.3) is 5.91 Å². The van der Waals surface area contributed by atoms with Crippen molar-refractivity contribution in [1.29, 1.82) is 0 Å². The lowest BCUT2D eigenvalue weighted by Gasteiger charge is -2.08. The van der Waals surface area contributed by atoms with Gasteiger partial charge in [0.05, 0.1) is 10.9 Å². The highest BCUT2D eigenvalue weighted by molar-refractivity contribution is 6.32. The number of phenols is 1. The van der Waals surface area contributed by atoms with Crippen LogP contribution < -0.4 is 5.32 Å². The van der Waals surface area contributed by atoms with Gasteiger partial charge in [-0.15, -0.1) is 0 Å². The molecule has 0 heterocycles. The first-order chi connectivity index (χ1) is 8.91. The fourth-order valence-electron chi connectivity index (χ4n) is 1.48. The van der Waals surface area contributed by atoms with E-state index in [9.17, 15) is 14.7 Å². The molecule has 0 spiro atoms. The van der Waals surface area contributed by atoms with Gasteiger partial charge in [-0.25, -0.2) is 0 Å². The molecule has 104 valence electrons. The van der Waals surface area contributed by atoms with Crippen molar-refractivity contribution in [3.63, 3.8) is 0 Å². The fraction of sp³-hybridized carbons (Fsp3) is 0.385. The number of benzene rings is 1. The third kappa shape index (κ3) is 4.79. The molecule has 1 aromatic rings. The van der Waals surface area contributed by atoms with Crippen LogP contribution in [0.25, 0.3) is 0 Å². The van der Waals surface area contributed by atoms with Crippen LogP contribution in [0.5, 0.6) is 5.75 Å². The highest BCUT2D eigenvalue weighted by atomic mass is 35.5. The van der Waals surface area contributed by atoms with Gasteiger partial charge in [0.2, 0.25) is 0 Å². The Bertz CT molecular complexity index is 476. The SMILES string of the molecule is CC(CCCNC(=O)c1ccc(O)c(Cl)c1)C(=O)O. The molecule has 0 aliphatic carbocycles. The summed E-state index contributed by atoms with van der Waals surface area (Å²) in [5.41, 5.74) is 0.356. The number of amides is 1. The summed E-state index contributed by atoms with van der Waals surface area (Å²) in [5, 5.41) is 20.7. The van der Waals surface area contributed by atoms with Crippen LogP contribution in [0, 0.1) is 5.92 Å². The Hall–Kier alpha value is -1.75. The molecule has 0 radical (unpaired) electrons. The van der Waals surface area contributed by atoms with Crippen LogP contribution >= 0.6 is 11.6 Å². The van der Waals surface area contributed by atoms with E-state index in [1.54, 1.807) is 6.92 Å². The Labute approximate surface area is 116 Å². The molecule has 1 aromatic carbocycles. The van der Waals surface area contributed by atoms with Crippen LogP contribution in [-0.4, -0.2) is 28.6 Å². The lowest BCUT2D eigenvalue weighted by atomic mass is 10.1. The number of hydrogen-bond donors (Lipinski definition) is 3. The second kappa shape index (κ2) is 6.99. The van der Waals surface area contributed by atoms with Gasteiger partial charge >= 0.3 is 5.97 Å². The summed E-state index contributed by atoms with van der Waals surface area (Å²) in [7, 11) is 0. The molecule has 1 atom stereocenters. The number of carbonyl (C=O) groups is 2. The molecule has 5 nitrogen and oxygen atoms in total. The Morgan fingerprint density at radius 2 is 2.11 bits per heavy atom. The van der Waals surface area contributed by atoms with Gasteiger partial charge in [0.15, 0.2) is 0 Å². The zero-order chi connectivity index (χ0) is 14.4. The lowest BCUT2D eigenvalue weighted by Crippen LogP contribution is -2.25. The van der Waals surface area contributed by atoms with Gasteiger partial charge in [-0.3, -0.25) is 9.59 Å². The van der Waals surface area contributed by atoms with Crippen molar-refractivity contribution in [2.24, 2.45) is 5.92 Å². The smallest absolute Gasteiger partial charge is 0.306 e. The molecule has 3 N–H and O–H groups in total. The molecule has 0 saturated carbocycles. The molecule has 6 heteroatoms. The zero-order valence-electron chi connectivity index (χ0n) is 10.5. The molecule has 0 fully saturated rings. The summed E-state index contributed by atoms with van der Waals surface area (Å²) in [4.78, 5) is 22.3. The van der Waals surface area contributed by atoms with Gasteiger partial charge < -0.3 is 15.5 Å². The summed E-state index contributed by atoms with van der Waals surface area (Å²) in [5.74, 6) is -1.63. The van der Waals surface area contributed by atoms with Crippen LogP contribution in [0.4, 0.5) is 0 Å². The molecular weight excluding hydrogens is 270 g/mol. The van der Waals surface area contributed by atoms with Crippen molar-refractivity contribution >= 4 is 23.5 Å². The third-order valence-electron chi connectivity index (χ3n) is 2.73. The Morgan fingerprint density at radius 1 is 1.42 bits per heavy atom. The zero-order valence-corrected chi connectivity index (χ0v) is 11.3. The highest BCUT2D eigenvalue weighted by Gasteiger charge is 2.11. The van der Waals surface area contributed by atoms with Crippen LogP contribution in [0.2, 0.25) is 5.02 Å². The van der Waals surface area contributed by atoms with Crippen LogP contribution in [0.15, 0.2) is 18.2 Å². The summed E-state index contributed by atoms with van der Waals surface area (Å²) >= 11 is 5.70. The van der Waals surface area contributed by atoms with Crippen LogP contribution in [0.3, 0.4) is 0 Å². The maximum absolute atomic E-state index is 11.7. The van der Waals surface area contributed by atoms with E-state index in [1.807, 2.05) is 0 Å². The second-order valence-corrected chi connectivity index (χ2v) is 4.71. The number of phenolic OH excluding ortho intramolecular Hbond substituents is 1. The van der Waals surface area contributed by atoms with E-state index >= 15 is 0 Å². The van der Waals surface area contributed by atoms with Crippen molar-refractivity contribution in [1.82, 2.24) is 5.32 Å². The molecule has 0 bridgehead atoms. The van der Waals surface area contributed by atoms with Crippen molar-refractivity contribution in [3.8, 4) is 5.75 Å². The summed E-state index contributed by atoms with van der Waals surface area (Å²) in [6.07, 6.45) is 1.09. The van der Waals surface area contributed by atoms with Gasteiger partial charge in [0.1, 0.15) is 5.75 Å². The van der Waals surface area contributed by atoms with Gasteiger partial charge in [-0.2, -0.15) is 0 Å². The van der Waals surface area contributed by atoms with E-state index in [-0.39, 0.29) is 16.7 Å². The monoisotopic (exact) mass is 285 g/mol. The summed E-state index contributed by atoms with van der Waals surface area (Å²) in [6, 6.07) is 4.20. The van der Waals surface area contributed by atoms with E-state index in [2.05, 4.69) is 5.32 Å². The summed E-state index contributed by atoms with van der Waals surface area (Å²) < 4.78 is 0. The lowest BCUT2D eigenvalue weighted by molar-refractivity contribution is -0.141. The predicted octanol–water partition coefficient (Wildman–Crippen LogP) is 2.28. The Kier molecular flexibility index (Phi) is 5.63. The fourth-order valence-corrected chi connectivity index (χ4v) is 1.66. The molecule has 0 aliphatic rings. The van der Waals surface area contributed by atoms with E-state index in [0.29, 0.717) is 24.9 Å². The third-order valence-corrected chi connectivity index (χ3v) is 3.03. The number of aliphatic carboxylic acids is 1. The molecule has 1 amide bonds. The maximum Gasteiger partial charge on any atom is 0.306 e. The standard InChI is InChI=1S/C13H16ClNO4/c1-8(13(18)19)3-2-6-15-12(17)9-4-5-11(16)10(14)7-9/h4-5,7-8,16H,2-3,6H2,1H3,(H,15,17)(H,18,19). The number of carboxylic acid groups (broad SMARTS) is 1. The first-order valence-corrected chi connectivity index (χ1v) is 6.29. The van der Waals surface area contributed by atoms with Gasteiger partial charge in [0, 0.05) is 12.1 Å². The number of carboxylic acids is 1. The highest BCUT2D eigenvalue weighted by Crippen LogP contribution is 2.23. The number of nitrogens with one attached hydrogen (secondary N) is 1. The molecular formula is C13H16ClNO4. The number of halogens is 1. The normalized spacial score (nSPS) is 11.9. The quantitative estimate of drug-likeness (QED) is 0.700. The van der Waals surface area contributed by atoms with Crippen LogP contribution in [-0.2, 0) is 4.79 Å². The number of carbonyl (C=O) groups excluding carboxylic acids is 1. The molecule has 0 saturated heterocycles. The minimum atomic E-state index is -0.836. The Balaban J connectivity index is 2.39. The van der Waals surface area contributed by atoms with E-state index in [1.165, 1.54) is 18.2 Å². The molecule has 1 rings (SSSR count). The second-order valence-electron chi connectivity index (χ2n) is 4.30. The predicted molar refractivity (Wildman–Crippen MR) is 71.5 cm³/mol. The Morgan fingerprint density at radius 3 is 2.68 bits per heavy atom. The molecule has 0 aliphatic heterocycles. The van der Waals surface area contributed by atoms with E-state index < -0.39 is 11.9 Å². The molecule has 0 aromatic heterocycles. The topological polar surface area (TPSA) is 86.6 Å². The number of rotatable bonds is 6. The van der Waals surface area contributed by atoms with Crippen molar-refractivity contribution in [2.75, 3.05) is 6.54 Å². The first kappa shape index (κ1) is 15.3. The average molecular weight is 286 g/mol. The van der Waals surface area contributed by atoms with Crippen molar-refractivity contribution in [3.05, 3.63) is 28.8 Å². The van der Waals surface area contributed by atoms with Crippen molar-refractivity contribution in [2.45, 2.75) is 19.8 Å². The van der Waals surface area contributed by atoms with Crippen LogP contribution in [0.1, 0.15) is 30.1 Å². The summed E-state index contributed by atoms with van der Waals surface area (Å²) in [6.45, 7) is 2.03. The maximum atomic E-state index is 11.7. The average Bonchev–Trinajstić information content (AvgIpc) is 2.37. The number of hydrogen-bond acceptors (Lipinski definition) is 3. The van der Waals surface area contributed by atoms with E-state index in [4.69, 9.17) is 16.7 Å². The van der Waals surface area contributed by atoms with Gasteiger partial charge in [-0.1, -0.05) is 18.5 Å². The largest absolute Gasteiger partial charge is 0.506 e. The number of aromatic hydroxyl groups is 1. The molecule has 1 unspecified atom stereocenters. The minimum Gasteiger partial charge on any atom is -0.506 e. The van der Waals surface area contributed by atoms with Gasteiger partial charge in [-0.05, 0) is 31.0 Å². The van der Waals surface area contributed by atoms with Crippen molar-refractivity contribution < 1.29 is 19.8 Å².